The van der Waals surface area contributed by atoms with Gasteiger partial charge in [0.15, 0.2) is 5.65 Å². The lowest BCUT2D eigenvalue weighted by atomic mass is 9.98. The zero-order chi connectivity index (χ0) is 22.9. The number of nitrogens with zero attached hydrogens (tertiary/aromatic N) is 4. The molecule has 2 aromatic heterocycles. The summed E-state index contributed by atoms with van der Waals surface area (Å²) in [5, 5.41) is 1.10. The molecule has 0 atom stereocenters. The Hall–Kier alpha value is -1.56. The van der Waals surface area contributed by atoms with Crippen molar-refractivity contribution in [2.45, 2.75) is 19.9 Å². The fraction of sp³-hybridized carbons (Fsp3) is 0.333. The van der Waals surface area contributed by atoms with E-state index in [9.17, 15) is 4.79 Å². The molecule has 1 amide bonds. The van der Waals surface area contributed by atoms with E-state index in [4.69, 9.17) is 9.72 Å². The molecule has 2 aliphatic heterocycles. The molecular formula is C24H24BrIN4O2S. The van der Waals surface area contributed by atoms with Crippen LogP contribution in [0.25, 0.3) is 16.6 Å². The van der Waals surface area contributed by atoms with Crippen molar-refractivity contribution < 1.29 is 9.53 Å². The van der Waals surface area contributed by atoms with Crippen molar-refractivity contribution in [1.29, 1.82) is 0 Å². The van der Waals surface area contributed by atoms with Gasteiger partial charge in [-0.3, -0.25) is 8.77 Å². The summed E-state index contributed by atoms with van der Waals surface area (Å²) in [7, 11) is 1.59. The molecule has 1 saturated heterocycles. The summed E-state index contributed by atoms with van der Waals surface area (Å²) in [6.45, 7) is 6.61. The average Bonchev–Trinajstić information content (AvgIpc) is 3.21. The van der Waals surface area contributed by atoms with Gasteiger partial charge < -0.3 is 14.5 Å². The highest BCUT2D eigenvalue weighted by atomic mass is 127. The molecular weight excluding hydrogens is 615 g/mol. The third-order valence-corrected chi connectivity index (χ3v) is 8.82. The van der Waals surface area contributed by atoms with Gasteiger partial charge in [0.1, 0.15) is 0 Å². The van der Waals surface area contributed by atoms with E-state index in [0.29, 0.717) is 13.1 Å². The van der Waals surface area contributed by atoms with Crippen LogP contribution in [0.1, 0.15) is 23.1 Å². The predicted octanol–water partition coefficient (Wildman–Crippen LogP) is 5.61. The normalized spacial score (nSPS) is 17.1. The molecule has 9 heteroatoms. The van der Waals surface area contributed by atoms with E-state index in [1.165, 1.54) is 5.56 Å². The molecule has 0 bridgehead atoms. The van der Waals surface area contributed by atoms with Crippen LogP contribution >= 0.6 is 46.3 Å². The highest BCUT2D eigenvalue weighted by molar-refractivity contribution is 14.2. The highest BCUT2D eigenvalue weighted by Gasteiger charge is 2.23. The van der Waals surface area contributed by atoms with Crippen LogP contribution in [0, 0.1) is 6.92 Å². The lowest BCUT2D eigenvalue weighted by Gasteiger charge is -2.28. The summed E-state index contributed by atoms with van der Waals surface area (Å²) in [4.78, 5) is 22.1. The number of morpholine rings is 1. The Bertz CT molecular complexity index is 1240. The first-order chi connectivity index (χ1) is 16.0. The van der Waals surface area contributed by atoms with E-state index in [1.807, 2.05) is 17.2 Å². The fourth-order valence-corrected chi connectivity index (χ4v) is 6.06. The minimum Gasteiger partial charge on any atom is -0.378 e. The molecule has 3 aromatic rings. The molecule has 0 aliphatic carbocycles. The molecule has 33 heavy (non-hydrogen) atoms. The number of aromatic nitrogens is 2. The lowest BCUT2D eigenvalue weighted by molar-refractivity contribution is -0.126. The van der Waals surface area contributed by atoms with Crippen molar-refractivity contribution in [1.82, 2.24) is 13.9 Å². The van der Waals surface area contributed by atoms with Gasteiger partial charge in [-0.2, -0.15) is 0 Å². The van der Waals surface area contributed by atoms with Gasteiger partial charge in [-0.05, 0) is 42.2 Å². The number of carbonyl (C=O) groups is 1. The SMILES string of the molecule is Cc1ccc(CN2CCC(c3cn(SI)c4ncc(N5CCOCC5)cc34)=CC2=O)cc1Br. The summed E-state index contributed by atoms with van der Waals surface area (Å²) >= 11 is 5.87. The van der Waals surface area contributed by atoms with Crippen LogP contribution in [0.15, 0.2) is 47.2 Å². The van der Waals surface area contributed by atoms with Crippen LogP contribution < -0.4 is 4.90 Å². The van der Waals surface area contributed by atoms with Crippen molar-refractivity contribution in [3.63, 3.8) is 0 Å². The maximum Gasteiger partial charge on any atom is 0.247 e. The van der Waals surface area contributed by atoms with E-state index in [2.05, 4.69) is 83.4 Å². The third kappa shape index (κ3) is 4.82. The summed E-state index contributed by atoms with van der Waals surface area (Å²) in [5.41, 5.74) is 6.55. The third-order valence-electron chi connectivity index (χ3n) is 6.26. The number of amides is 1. The van der Waals surface area contributed by atoms with Crippen LogP contribution in [0.4, 0.5) is 5.69 Å². The van der Waals surface area contributed by atoms with Crippen LogP contribution in [0.5, 0.6) is 0 Å². The minimum absolute atomic E-state index is 0.0632. The first kappa shape index (κ1) is 23.2. The highest BCUT2D eigenvalue weighted by Crippen LogP contribution is 2.36. The number of rotatable bonds is 5. The largest absolute Gasteiger partial charge is 0.378 e. The first-order valence-electron chi connectivity index (χ1n) is 10.9. The van der Waals surface area contributed by atoms with Gasteiger partial charge in [0.05, 0.1) is 25.1 Å². The number of halogens is 2. The first-order valence-corrected chi connectivity index (χ1v) is 15.0. The second kappa shape index (κ2) is 9.97. The quantitative estimate of drug-likeness (QED) is 0.340. The molecule has 1 fully saturated rings. The number of carbonyl (C=O) groups excluding carboxylic acids is 1. The Kier molecular flexibility index (Phi) is 7.01. The molecule has 6 nitrogen and oxygen atoms in total. The number of aryl methyl sites for hydroxylation is 1. The Labute approximate surface area is 218 Å². The zero-order valence-corrected chi connectivity index (χ0v) is 22.8. The van der Waals surface area contributed by atoms with E-state index < -0.39 is 0 Å². The topological polar surface area (TPSA) is 50.6 Å². The molecule has 0 unspecified atom stereocenters. The van der Waals surface area contributed by atoms with Gasteiger partial charge in [0.2, 0.25) is 5.91 Å². The molecule has 0 N–H and O–H groups in total. The molecule has 172 valence electrons. The van der Waals surface area contributed by atoms with Crippen molar-refractivity contribution in [3.8, 4) is 0 Å². The summed E-state index contributed by atoms with van der Waals surface area (Å²) in [5.74, 6) is 0.0632. The summed E-state index contributed by atoms with van der Waals surface area (Å²) < 4.78 is 8.66. The molecule has 1 aromatic carbocycles. The van der Waals surface area contributed by atoms with Crippen molar-refractivity contribution in [3.05, 3.63) is 63.9 Å². The Balaban J connectivity index is 1.43. The van der Waals surface area contributed by atoms with Gasteiger partial charge in [-0.1, -0.05) is 28.1 Å². The minimum atomic E-state index is 0.0632. The predicted molar refractivity (Wildman–Crippen MR) is 147 cm³/mol. The van der Waals surface area contributed by atoms with E-state index in [-0.39, 0.29) is 5.91 Å². The number of hydrogen-bond acceptors (Lipinski definition) is 5. The molecule has 4 heterocycles. The van der Waals surface area contributed by atoms with E-state index >= 15 is 0 Å². The Morgan fingerprint density at radius 3 is 2.76 bits per heavy atom. The molecule has 5 rings (SSSR count). The number of ether oxygens (including phenoxy) is 1. The smallest absolute Gasteiger partial charge is 0.247 e. The monoisotopic (exact) mass is 638 g/mol. The molecule has 2 aliphatic rings. The maximum atomic E-state index is 13.0. The van der Waals surface area contributed by atoms with Gasteiger partial charge >= 0.3 is 0 Å². The van der Waals surface area contributed by atoms with Gasteiger partial charge in [-0.15, -0.1) is 0 Å². The fourth-order valence-electron chi connectivity index (χ4n) is 4.37. The second-order valence-electron chi connectivity index (χ2n) is 8.36. The van der Waals surface area contributed by atoms with Crippen LogP contribution in [-0.4, -0.2) is 52.6 Å². The van der Waals surface area contributed by atoms with Gasteiger partial charge in [0, 0.05) is 84.2 Å². The van der Waals surface area contributed by atoms with Crippen molar-refractivity contribution in [2.24, 2.45) is 0 Å². The summed E-state index contributed by atoms with van der Waals surface area (Å²) in [6.07, 6.45) is 6.70. The number of hydrogen-bond donors (Lipinski definition) is 0. The summed E-state index contributed by atoms with van der Waals surface area (Å²) in [6, 6.07) is 8.50. The number of benzene rings is 1. The maximum absolute atomic E-state index is 13.0. The molecule has 0 saturated carbocycles. The van der Waals surface area contributed by atoms with E-state index in [0.717, 1.165) is 70.6 Å². The average molecular weight is 639 g/mol. The van der Waals surface area contributed by atoms with Crippen molar-refractivity contribution >= 4 is 74.5 Å². The number of anilines is 1. The lowest BCUT2D eigenvalue weighted by Crippen LogP contribution is -2.36. The Morgan fingerprint density at radius 2 is 2.03 bits per heavy atom. The second-order valence-corrected chi connectivity index (χ2v) is 10.9. The standard InChI is InChI=1S/C24H24BrIN4O2S/c1-16-2-3-17(10-22(16)25)14-29-5-4-18(11-23(29)31)21-15-30(33-26)24-20(21)12-19(13-27-24)28-6-8-32-9-7-28/h2-3,10-13,15H,4-9,14H2,1H3. The molecule has 0 spiro atoms. The van der Waals surface area contributed by atoms with Gasteiger partial charge in [-0.25, -0.2) is 4.98 Å². The van der Waals surface area contributed by atoms with Crippen molar-refractivity contribution in [2.75, 3.05) is 37.7 Å². The van der Waals surface area contributed by atoms with Crippen LogP contribution in [0.3, 0.4) is 0 Å². The number of fused-ring (bicyclic) bond motifs is 1. The van der Waals surface area contributed by atoms with Crippen LogP contribution in [-0.2, 0) is 16.1 Å². The van der Waals surface area contributed by atoms with Gasteiger partial charge in [0.25, 0.3) is 0 Å². The Morgan fingerprint density at radius 1 is 1.21 bits per heavy atom. The van der Waals surface area contributed by atoms with E-state index in [1.54, 1.807) is 9.12 Å². The van der Waals surface area contributed by atoms with Crippen LogP contribution in [0.2, 0.25) is 0 Å². The number of pyridine rings is 1. The molecule has 0 radical (unpaired) electrons. The zero-order valence-electron chi connectivity index (χ0n) is 18.3.